The Morgan fingerprint density at radius 2 is 1.93 bits per heavy atom. The van der Waals surface area contributed by atoms with Crippen molar-refractivity contribution in [3.05, 3.63) is 40.1 Å². The highest BCUT2D eigenvalue weighted by Crippen LogP contribution is 2.19. The summed E-state index contributed by atoms with van der Waals surface area (Å²) in [6, 6.07) is 6.09. The van der Waals surface area contributed by atoms with E-state index in [2.05, 4.69) is 30.9 Å². The van der Waals surface area contributed by atoms with Crippen LogP contribution in [0.4, 0.5) is 4.39 Å². The average molecular weight is 289 g/mol. The summed E-state index contributed by atoms with van der Waals surface area (Å²) in [6.07, 6.45) is 0. The zero-order valence-electron chi connectivity index (χ0n) is 7.28. The number of aromatic nitrogens is 3. The van der Waals surface area contributed by atoms with Crippen molar-refractivity contribution in [1.29, 1.82) is 0 Å². The second kappa shape index (κ2) is 4.20. The van der Waals surface area contributed by atoms with Crippen LogP contribution in [0.1, 0.15) is 0 Å². The second-order valence-electron chi connectivity index (χ2n) is 2.69. The van der Waals surface area contributed by atoms with Gasteiger partial charge in [-0.1, -0.05) is 6.07 Å². The van der Waals surface area contributed by atoms with E-state index in [-0.39, 0.29) is 5.28 Å². The summed E-state index contributed by atoms with van der Waals surface area (Å²) in [6.45, 7) is 0. The smallest absolute Gasteiger partial charge is 0.218 e. The molecule has 3 nitrogen and oxygen atoms in total. The fourth-order valence-electron chi connectivity index (χ4n) is 1.07. The van der Waals surface area contributed by atoms with Crippen molar-refractivity contribution in [3.63, 3.8) is 0 Å². The lowest BCUT2D eigenvalue weighted by Gasteiger charge is -2.00. The fourth-order valence-corrected chi connectivity index (χ4v) is 1.74. The predicted molar refractivity (Wildman–Crippen MR) is 57.9 cm³/mol. The Balaban J connectivity index is 2.54. The molecule has 0 spiro atoms. The Bertz CT molecular complexity index is 486. The first-order chi connectivity index (χ1) is 7.15. The summed E-state index contributed by atoms with van der Waals surface area (Å²) in [5.74, 6) is -0.557. The van der Waals surface area contributed by atoms with Gasteiger partial charge in [-0.25, -0.2) is 15.0 Å². The number of rotatable bonds is 1. The van der Waals surface area contributed by atoms with Gasteiger partial charge in [-0.2, -0.15) is 4.39 Å². The molecule has 0 aromatic carbocycles. The normalized spacial score (nSPS) is 10.3. The van der Waals surface area contributed by atoms with E-state index < -0.39 is 5.95 Å². The first-order valence-corrected chi connectivity index (χ1v) is 5.15. The number of halogens is 3. The van der Waals surface area contributed by atoms with Crippen LogP contribution in [0.2, 0.25) is 5.28 Å². The molecule has 6 heteroatoms. The van der Waals surface area contributed by atoms with Crippen LogP contribution < -0.4 is 0 Å². The highest BCUT2D eigenvalue weighted by atomic mass is 79.9. The second-order valence-corrected chi connectivity index (χ2v) is 3.84. The van der Waals surface area contributed by atoms with Gasteiger partial charge in [-0.3, -0.25) is 0 Å². The van der Waals surface area contributed by atoms with Gasteiger partial charge in [0.15, 0.2) is 0 Å². The summed E-state index contributed by atoms with van der Waals surface area (Å²) in [5, 5.41) is 0.0884. The topological polar surface area (TPSA) is 38.7 Å². The van der Waals surface area contributed by atoms with Crippen LogP contribution in [0, 0.1) is 5.95 Å². The van der Waals surface area contributed by atoms with Crippen LogP contribution in [0.5, 0.6) is 0 Å². The minimum absolute atomic E-state index is 0.0884. The van der Waals surface area contributed by atoms with Crippen molar-refractivity contribution in [3.8, 4) is 11.4 Å². The highest BCUT2D eigenvalue weighted by Gasteiger charge is 2.05. The third-order valence-corrected chi connectivity index (χ3v) is 2.22. The minimum Gasteiger partial charge on any atom is -0.218 e. The summed E-state index contributed by atoms with van der Waals surface area (Å²) >= 11 is 8.84. The van der Waals surface area contributed by atoms with Gasteiger partial charge in [0.25, 0.3) is 0 Å². The maximum absolute atomic E-state index is 12.9. The molecular weight excluding hydrogens is 284 g/mol. The van der Waals surface area contributed by atoms with E-state index >= 15 is 0 Å². The van der Waals surface area contributed by atoms with E-state index in [4.69, 9.17) is 11.6 Å². The molecule has 2 aromatic heterocycles. The molecule has 0 fully saturated rings. The van der Waals surface area contributed by atoms with Crippen LogP contribution >= 0.6 is 27.5 Å². The molecule has 0 saturated heterocycles. The lowest BCUT2D eigenvalue weighted by Crippen LogP contribution is -1.92. The Morgan fingerprint density at radius 1 is 1.13 bits per heavy atom. The molecular formula is C9H4BrClFN3. The maximum atomic E-state index is 12.9. The SMILES string of the molecule is Fc1cccc(-c2cc(Br)nc(Cl)n2)n1. The van der Waals surface area contributed by atoms with Crippen molar-refractivity contribution < 1.29 is 4.39 Å². The van der Waals surface area contributed by atoms with Crippen LogP contribution in [0.15, 0.2) is 28.9 Å². The molecule has 0 bridgehead atoms. The predicted octanol–water partition coefficient (Wildman–Crippen LogP) is 3.09. The number of hydrogen-bond donors (Lipinski definition) is 0. The van der Waals surface area contributed by atoms with Gasteiger partial charge >= 0.3 is 0 Å². The first kappa shape index (κ1) is 10.4. The first-order valence-electron chi connectivity index (χ1n) is 3.98. The van der Waals surface area contributed by atoms with E-state index in [1.54, 1.807) is 18.2 Å². The molecule has 2 heterocycles. The summed E-state index contributed by atoms with van der Waals surface area (Å²) in [7, 11) is 0. The summed E-state index contributed by atoms with van der Waals surface area (Å²) in [4.78, 5) is 11.5. The third-order valence-electron chi connectivity index (χ3n) is 1.65. The molecule has 0 N–H and O–H groups in total. The molecule has 0 atom stereocenters. The van der Waals surface area contributed by atoms with Gasteiger partial charge in [0, 0.05) is 0 Å². The van der Waals surface area contributed by atoms with Crippen LogP contribution in [-0.4, -0.2) is 15.0 Å². The standard InChI is InChI=1S/C9H4BrClFN3/c10-7-4-6(14-9(11)15-7)5-2-1-3-8(12)13-5/h1-4H. The van der Waals surface area contributed by atoms with E-state index in [1.807, 2.05) is 0 Å². The molecule has 0 aliphatic heterocycles. The van der Waals surface area contributed by atoms with E-state index in [0.29, 0.717) is 16.0 Å². The van der Waals surface area contributed by atoms with E-state index in [0.717, 1.165) is 0 Å². The van der Waals surface area contributed by atoms with Gasteiger partial charge in [0.05, 0.1) is 11.4 Å². The van der Waals surface area contributed by atoms with Crippen molar-refractivity contribution in [2.75, 3.05) is 0 Å². The van der Waals surface area contributed by atoms with Crippen molar-refractivity contribution in [1.82, 2.24) is 15.0 Å². The Labute approximate surface area is 98.5 Å². The maximum Gasteiger partial charge on any atom is 0.224 e. The zero-order chi connectivity index (χ0) is 10.8. The number of hydrogen-bond acceptors (Lipinski definition) is 3. The molecule has 2 aromatic rings. The number of pyridine rings is 1. The van der Waals surface area contributed by atoms with Gasteiger partial charge in [-0.05, 0) is 45.7 Å². The molecule has 15 heavy (non-hydrogen) atoms. The van der Waals surface area contributed by atoms with Crippen LogP contribution in [0.3, 0.4) is 0 Å². The minimum atomic E-state index is -0.557. The van der Waals surface area contributed by atoms with Gasteiger partial charge in [0.2, 0.25) is 11.2 Å². The Hall–Kier alpha value is -1.07. The fraction of sp³-hybridized carbons (Fsp3) is 0. The lowest BCUT2D eigenvalue weighted by molar-refractivity contribution is 0.585. The Kier molecular flexibility index (Phi) is 2.93. The molecule has 0 saturated carbocycles. The van der Waals surface area contributed by atoms with Gasteiger partial charge in [-0.15, -0.1) is 0 Å². The van der Waals surface area contributed by atoms with Crippen molar-refractivity contribution in [2.24, 2.45) is 0 Å². The molecule has 0 aliphatic rings. The highest BCUT2D eigenvalue weighted by molar-refractivity contribution is 9.10. The van der Waals surface area contributed by atoms with Crippen molar-refractivity contribution >= 4 is 27.5 Å². The molecule has 0 amide bonds. The van der Waals surface area contributed by atoms with Gasteiger partial charge < -0.3 is 0 Å². The number of nitrogens with zero attached hydrogens (tertiary/aromatic N) is 3. The van der Waals surface area contributed by atoms with Crippen LogP contribution in [-0.2, 0) is 0 Å². The van der Waals surface area contributed by atoms with E-state index in [1.165, 1.54) is 6.07 Å². The van der Waals surface area contributed by atoms with Crippen molar-refractivity contribution in [2.45, 2.75) is 0 Å². The zero-order valence-corrected chi connectivity index (χ0v) is 9.63. The summed E-state index contributed by atoms with van der Waals surface area (Å²) in [5.41, 5.74) is 0.890. The lowest BCUT2D eigenvalue weighted by atomic mass is 10.3. The quantitative estimate of drug-likeness (QED) is 0.460. The average Bonchev–Trinajstić information content (AvgIpc) is 2.16. The molecule has 0 aliphatic carbocycles. The van der Waals surface area contributed by atoms with E-state index in [9.17, 15) is 4.39 Å². The third kappa shape index (κ3) is 2.49. The molecule has 76 valence electrons. The Morgan fingerprint density at radius 3 is 2.60 bits per heavy atom. The molecule has 2 rings (SSSR count). The summed E-state index contributed by atoms with van der Waals surface area (Å²) < 4.78 is 13.4. The molecule has 0 radical (unpaired) electrons. The monoisotopic (exact) mass is 287 g/mol. The molecule has 0 unspecified atom stereocenters. The van der Waals surface area contributed by atoms with Crippen LogP contribution in [0.25, 0.3) is 11.4 Å². The largest absolute Gasteiger partial charge is 0.224 e. The van der Waals surface area contributed by atoms with Gasteiger partial charge in [0.1, 0.15) is 4.60 Å².